The quantitative estimate of drug-likeness (QED) is 0.371. The second-order valence-corrected chi connectivity index (χ2v) is 13.6. The summed E-state index contributed by atoms with van der Waals surface area (Å²) in [4.78, 5) is 34.5. The number of ether oxygens (including phenoxy) is 2. The number of amides is 2. The number of piperidine rings is 1. The van der Waals surface area contributed by atoms with Gasteiger partial charge in [-0.2, -0.15) is 9.57 Å². The van der Waals surface area contributed by atoms with Gasteiger partial charge in [-0.1, -0.05) is 30.3 Å². The monoisotopic (exact) mass is 661 g/mol. The molecule has 3 aliphatic rings. The Bertz CT molecular complexity index is 1830. The SMILES string of the molecule is CCOc1ccccc1C1(OC(=O)N2CCC(N3CCN(C)CC3)CC2)C(=O)N(S(=O)(=O)c2ccccc2F)c2ccc(C#N)cc21. The molecule has 6 rings (SSSR count). The van der Waals surface area contributed by atoms with Crippen molar-refractivity contribution in [3.63, 3.8) is 0 Å². The normalized spacial score (nSPS) is 20.9. The number of piperazine rings is 1. The topological polar surface area (TPSA) is 123 Å². The predicted molar refractivity (Wildman–Crippen MR) is 171 cm³/mol. The third-order valence-electron chi connectivity index (χ3n) is 9.15. The summed E-state index contributed by atoms with van der Waals surface area (Å²) in [5.74, 6) is -2.02. The van der Waals surface area contributed by atoms with E-state index in [0.29, 0.717) is 36.3 Å². The largest absolute Gasteiger partial charge is 0.493 e. The summed E-state index contributed by atoms with van der Waals surface area (Å²) in [6.45, 7) is 6.52. The number of nitrogens with zero attached hydrogens (tertiary/aromatic N) is 5. The minimum absolute atomic E-state index is 0.0470. The van der Waals surface area contributed by atoms with Crippen molar-refractivity contribution in [2.24, 2.45) is 0 Å². The van der Waals surface area contributed by atoms with Gasteiger partial charge in [-0.05, 0) is 63.2 Å². The van der Waals surface area contributed by atoms with E-state index < -0.39 is 38.3 Å². The number of sulfonamides is 1. The average molecular weight is 662 g/mol. The van der Waals surface area contributed by atoms with E-state index in [4.69, 9.17) is 9.47 Å². The van der Waals surface area contributed by atoms with Crippen LogP contribution in [0.5, 0.6) is 5.75 Å². The highest BCUT2D eigenvalue weighted by Gasteiger charge is 2.61. The van der Waals surface area contributed by atoms with Crippen LogP contribution in [0.25, 0.3) is 0 Å². The van der Waals surface area contributed by atoms with Gasteiger partial charge >= 0.3 is 6.09 Å². The van der Waals surface area contributed by atoms with Gasteiger partial charge in [0.05, 0.1) is 29.5 Å². The van der Waals surface area contributed by atoms with Crippen molar-refractivity contribution in [1.82, 2.24) is 14.7 Å². The maximum absolute atomic E-state index is 15.0. The Morgan fingerprint density at radius 1 is 0.979 bits per heavy atom. The smallest absolute Gasteiger partial charge is 0.411 e. The number of halogens is 1. The molecular weight excluding hydrogens is 625 g/mol. The van der Waals surface area contributed by atoms with Crippen molar-refractivity contribution in [1.29, 1.82) is 5.26 Å². The lowest BCUT2D eigenvalue weighted by molar-refractivity contribution is -0.132. The van der Waals surface area contributed by atoms with E-state index in [-0.39, 0.29) is 34.7 Å². The Morgan fingerprint density at radius 2 is 1.66 bits per heavy atom. The molecule has 0 N–H and O–H groups in total. The number of carbonyl (C=O) groups is 2. The zero-order chi connectivity index (χ0) is 33.3. The summed E-state index contributed by atoms with van der Waals surface area (Å²) < 4.78 is 55.8. The summed E-state index contributed by atoms with van der Waals surface area (Å²) in [5.41, 5.74) is -2.41. The van der Waals surface area contributed by atoms with Gasteiger partial charge in [-0.15, -0.1) is 0 Å². The van der Waals surface area contributed by atoms with Gasteiger partial charge in [-0.25, -0.2) is 17.6 Å². The van der Waals surface area contributed by atoms with Crippen LogP contribution < -0.4 is 9.04 Å². The molecule has 3 aromatic rings. The molecule has 3 aliphatic heterocycles. The molecule has 0 bridgehead atoms. The van der Waals surface area contributed by atoms with Gasteiger partial charge in [0.2, 0.25) is 5.60 Å². The summed E-state index contributed by atoms with van der Waals surface area (Å²) in [7, 11) is -2.77. The van der Waals surface area contributed by atoms with Crippen molar-refractivity contribution < 1.29 is 31.9 Å². The lowest BCUT2D eigenvalue weighted by Crippen LogP contribution is -2.54. The molecule has 1 atom stereocenters. The molecule has 0 spiro atoms. The Hall–Kier alpha value is -4.51. The van der Waals surface area contributed by atoms with E-state index in [2.05, 4.69) is 16.8 Å². The number of hydrogen-bond acceptors (Lipinski definition) is 9. The van der Waals surface area contributed by atoms with E-state index in [1.165, 1.54) is 41.3 Å². The molecule has 1 unspecified atom stereocenters. The fourth-order valence-corrected chi connectivity index (χ4v) is 8.20. The number of likely N-dealkylation sites (N-methyl/N-ethyl adjacent to an activating group) is 1. The Kier molecular flexibility index (Phi) is 8.93. The molecule has 3 aromatic carbocycles. The number of likely N-dealkylation sites (tertiary alicyclic amines) is 1. The first kappa shape index (κ1) is 32.4. The van der Waals surface area contributed by atoms with Gasteiger partial charge in [0.25, 0.3) is 15.9 Å². The van der Waals surface area contributed by atoms with Crippen LogP contribution in [0, 0.1) is 17.1 Å². The van der Waals surface area contributed by atoms with E-state index in [1.54, 1.807) is 25.1 Å². The van der Waals surface area contributed by atoms with Crippen LogP contribution in [-0.4, -0.2) is 94.1 Å². The minimum atomic E-state index is -4.87. The Balaban J connectivity index is 1.44. The second-order valence-electron chi connectivity index (χ2n) is 11.9. The summed E-state index contributed by atoms with van der Waals surface area (Å²) >= 11 is 0. The fraction of sp³-hybridized carbons (Fsp3) is 0.382. The van der Waals surface area contributed by atoms with E-state index in [9.17, 15) is 23.3 Å². The highest BCUT2D eigenvalue weighted by molar-refractivity contribution is 7.93. The maximum atomic E-state index is 15.0. The minimum Gasteiger partial charge on any atom is -0.493 e. The third kappa shape index (κ3) is 5.71. The molecule has 0 aliphatic carbocycles. The predicted octanol–water partition coefficient (Wildman–Crippen LogP) is 3.92. The first-order valence-electron chi connectivity index (χ1n) is 15.6. The number of nitriles is 1. The molecule has 47 heavy (non-hydrogen) atoms. The van der Waals surface area contributed by atoms with Crippen molar-refractivity contribution in [3.05, 3.63) is 89.2 Å². The molecule has 11 nitrogen and oxygen atoms in total. The van der Waals surface area contributed by atoms with Crippen molar-refractivity contribution >= 4 is 27.7 Å². The van der Waals surface area contributed by atoms with Crippen LogP contribution >= 0.6 is 0 Å². The number of para-hydroxylation sites is 1. The number of hydrogen-bond donors (Lipinski definition) is 0. The maximum Gasteiger partial charge on any atom is 0.411 e. The lowest BCUT2D eigenvalue weighted by Gasteiger charge is -2.42. The average Bonchev–Trinajstić information content (AvgIpc) is 3.33. The van der Waals surface area contributed by atoms with Gasteiger partial charge < -0.3 is 19.3 Å². The van der Waals surface area contributed by atoms with Crippen LogP contribution in [0.3, 0.4) is 0 Å². The Labute approximate surface area is 273 Å². The molecule has 0 aromatic heterocycles. The zero-order valence-electron chi connectivity index (χ0n) is 26.3. The molecule has 3 heterocycles. The number of carbonyl (C=O) groups excluding carboxylic acids is 2. The summed E-state index contributed by atoms with van der Waals surface area (Å²) in [6.07, 6.45) is 0.594. The van der Waals surface area contributed by atoms with Gasteiger partial charge in [0.1, 0.15) is 16.5 Å². The van der Waals surface area contributed by atoms with Gasteiger partial charge in [0.15, 0.2) is 0 Å². The third-order valence-corrected chi connectivity index (χ3v) is 10.9. The molecule has 2 saturated heterocycles. The Morgan fingerprint density at radius 3 is 2.34 bits per heavy atom. The molecule has 13 heteroatoms. The number of benzene rings is 3. The number of rotatable bonds is 7. The van der Waals surface area contributed by atoms with Crippen LogP contribution in [0.2, 0.25) is 0 Å². The lowest BCUT2D eigenvalue weighted by atomic mass is 9.85. The van der Waals surface area contributed by atoms with Crippen molar-refractivity contribution in [3.8, 4) is 11.8 Å². The van der Waals surface area contributed by atoms with E-state index in [1.807, 2.05) is 6.07 Å². The highest BCUT2D eigenvalue weighted by atomic mass is 32.2. The summed E-state index contributed by atoms with van der Waals surface area (Å²) in [6, 6.07) is 17.4. The van der Waals surface area contributed by atoms with Crippen LogP contribution in [-0.2, 0) is 25.2 Å². The molecular formula is C34H36FN5O6S. The molecule has 0 radical (unpaired) electrons. The first-order valence-corrected chi connectivity index (χ1v) is 17.1. The second kappa shape index (κ2) is 12.9. The van der Waals surface area contributed by atoms with Crippen LogP contribution in [0.1, 0.15) is 36.5 Å². The number of anilines is 1. The van der Waals surface area contributed by atoms with Crippen molar-refractivity contribution in [2.45, 2.75) is 36.3 Å². The molecule has 2 amide bonds. The van der Waals surface area contributed by atoms with Crippen molar-refractivity contribution in [2.75, 3.05) is 57.2 Å². The van der Waals surface area contributed by atoms with E-state index in [0.717, 1.165) is 38.3 Å². The zero-order valence-corrected chi connectivity index (χ0v) is 27.1. The van der Waals surface area contributed by atoms with Crippen LogP contribution in [0.4, 0.5) is 14.9 Å². The van der Waals surface area contributed by atoms with E-state index >= 15 is 4.39 Å². The first-order chi connectivity index (χ1) is 22.6. The van der Waals surface area contributed by atoms with Gasteiger partial charge in [-0.3, -0.25) is 9.69 Å². The highest BCUT2D eigenvalue weighted by Crippen LogP contribution is 2.52. The van der Waals surface area contributed by atoms with Crippen LogP contribution in [0.15, 0.2) is 71.6 Å². The molecule has 246 valence electrons. The van der Waals surface area contributed by atoms with Gasteiger partial charge in [0, 0.05) is 50.9 Å². The standard InChI is InChI=1S/C34H36FN5O6S/c1-3-45-30-10-6-4-8-26(30)34(46-33(42)39-16-14-25(15-17-39)38-20-18-37(2)19-21-38)27-22-24(23-36)12-13-29(27)40(32(34)41)47(43,44)31-11-7-5-9-28(31)35/h4-13,22,25H,3,14-21H2,1-2H3. The molecule has 2 fully saturated rings. The summed E-state index contributed by atoms with van der Waals surface area (Å²) in [5, 5.41) is 9.82. The number of fused-ring (bicyclic) bond motifs is 1. The fourth-order valence-electron chi connectivity index (χ4n) is 6.67. The molecule has 0 saturated carbocycles.